The lowest BCUT2D eigenvalue weighted by atomic mass is 10.1. The molecule has 8 heteroatoms. The van der Waals surface area contributed by atoms with Crippen LogP contribution in [0.15, 0.2) is 29.6 Å². The molecule has 2 atom stereocenters. The summed E-state index contributed by atoms with van der Waals surface area (Å²) in [7, 11) is 0. The predicted molar refractivity (Wildman–Crippen MR) is 100 cm³/mol. The SMILES string of the molecule is CCCCc1csc(C(NC(=O)[C@@H]2CNC(=O)O2)c2ccc(Cl)cc2)n1. The van der Waals surface area contributed by atoms with Crippen LogP contribution >= 0.6 is 22.9 Å². The zero-order chi connectivity index (χ0) is 18.5. The van der Waals surface area contributed by atoms with Crippen molar-refractivity contribution in [2.24, 2.45) is 0 Å². The number of unbranched alkanes of at least 4 members (excludes halogenated alkanes) is 1. The highest BCUT2D eigenvalue weighted by Gasteiger charge is 2.32. The number of benzene rings is 1. The average Bonchev–Trinajstić information content (AvgIpc) is 3.28. The van der Waals surface area contributed by atoms with Crippen molar-refractivity contribution in [1.29, 1.82) is 0 Å². The summed E-state index contributed by atoms with van der Waals surface area (Å²) in [6.07, 6.45) is 1.68. The Morgan fingerprint density at radius 2 is 2.23 bits per heavy atom. The van der Waals surface area contributed by atoms with Gasteiger partial charge in [0.25, 0.3) is 5.91 Å². The lowest BCUT2D eigenvalue weighted by Crippen LogP contribution is -2.39. The molecule has 3 rings (SSSR count). The molecule has 2 heterocycles. The standard InChI is InChI=1S/C18H20ClN3O3S/c1-2-3-4-13-10-26-17(21-13)15(11-5-7-12(19)8-6-11)22-16(23)14-9-20-18(24)25-14/h5-8,10,14-15H,2-4,9H2,1H3,(H,20,24)(H,22,23)/t14-,15?/m0/s1. The highest BCUT2D eigenvalue weighted by Crippen LogP contribution is 2.27. The van der Waals surface area contributed by atoms with Gasteiger partial charge in [-0.2, -0.15) is 0 Å². The highest BCUT2D eigenvalue weighted by molar-refractivity contribution is 7.09. The normalized spacial score (nSPS) is 17.5. The number of nitrogens with one attached hydrogen (secondary N) is 2. The Balaban J connectivity index is 1.81. The van der Waals surface area contributed by atoms with Crippen molar-refractivity contribution < 1.29 is 14.3 Å². The van der Waals surface area contributed by atoms with Crippen molar-refractivity contribution in [3.63, 3.8) is 0 Å². The molecule has 2 N–H and O–H groups in total. The van der Waals surface area contributed by atoms with Crippen LogP contribution < -0.4 is 10.6 Å². The zero-order valence-electron chi connectivity index (χ0n) is 14.3. The Kier molecular flexibility index (Phi) is 6.11. The minimum absolute atomic E-state index is 0.164. The number of rotatable bonds is 7. The molecule has 0 bridgehead atoms. The molecule has 1 saturated heterocycles. The van der Waals surface area contributed by atoms with Crippen LogP contribution in [0.5, 0.6) is 0 Å². The van der Waals surface area contributed by atoms with Crippen LogP contribution in [-0.4, -0.2) is 29.6 Å². The number of hydrogen-bond acceptors (Lipinski definition) is 5. The molecule has 6 nitrogen and oxygen atoms in total. The third-order valence-electron chi connectivity index (χ3n) is 4.07. The van der Waals surface area contributed by atoms with Crippen LogP contribution in [0.25, 0.3) is 0 Å². The molecule has 0 radical (unpaired) electrons. The maximum absolute atomic E-state index is 12.5. The second-order valence-corrected chi connectivity index (χ2v) is 7.37. The first kappa shape index (κ1) is 18.7. The van der Waals surface area contributed by atoms with Gasteiger partial charge in [0.05, 0.1) is 12.2 Å². The fourth-order valence-electron chi connectivity index (χ4n) is 2.64. The number of carbonyl (C=O) groups is 2. The van der Waals surface area contributed by atoms with Crippen molar-refractivity contribution in [2.75, 3.05) is 6.54 Å². The van der Waals surface area contributed by atoms with E-state index >= 15 is 0 Å². The smallest absolute Gasteiger partial charge is 0.408 e. The molecule has 138 valence electrons. The summed E-state index contributed by atoms with van der Waals surface area (Å²) in [5.74, 6) is -0.353. The molecule has 1 aromatic heterocycles. The van der Waals surface area contributed by atoms with E-state index in [2.05, 4.69) is 22.5 Å². The van der Waals surface area contributed by atoms with Gasteiger partial charge in [-0.15, -0.1) is 11.3 Å². The van der Waals surface area contributed by atoms with Crippen molar-refractivity contribution in [2.45, 2.75) is 38.3 Å². The summed E-state index contributed by atoms with van der Waals surface area (Å²) >= 11 is 7.49. The lowest BCUT2D eigenvalue weighted by Gasteiger charge is -2.19. The number of alkyl carbamates (subject to hydrolysis) is 1. The molecular formula is C18H20ClN3O3S. The molecule has 1 aromatic carbocycles. The average molecular weight is 394 g/mol. The van der Waals surface area contributed by atoms with Gasteiger partial charge < -0.3 is 15.4 Å². The molecule has 2 amide bonds. The van der Waals surface area contributed by atoms with Crippen LogP contribution in [0.1, 0.15) is 42.1 Å². The van der Waals surface area contributed by atoms with E-state index in [1.54, 1.807) is 12.1 Å². The minimum Gasteiger partial charge on any atom is -0.434 e. The third-order valence-corrected chi connectivity index (χ3v) is 5.28. The van der Waals surface area contributed by atoms with Crippen LogP contribution in [0.2, 0.25) is 5.02 Å². The number of hydrogen-bond donors (Lipinski definition) is 2. The maximum Gasteiger partial charge on any atom is 0.408 e. The monoisotopic (exact) mass is 393 g/mol. The molecule has 0 saturated carbocycles. The van der Waals surface area contributed by atoms with Crippen molar-refractivity contribution in [3.05, 3.63) is 50.9 Å². The number of cyclic esters (lactones) is 1. The van der Waals surface area contributed by atoms with E-state index in [9.17, 15) is 9.59 Å². The van der Waals surface area contributed by atoms with Crippen molar-refractivity contribution in [1.82, 2.24) is 15.6 Å². The van der Waals surface area contributed by atoms with Gasteiger partial charge in [-0.05, 0) is 30.5 Å². The maximum atomic E-state index is 12.5. The second kappa shape index (κ2) is 8.51. The summed E-state index contributed by atoms with van der Waals surface area (Å²) in [5.41, 5.74) is 1.89. The number of halogens is 1. The number of carbonyl (C=O) groups excluding carboxylic acids is 2. The molecular weight excluding hydrogens is 374 g/mol. The summed E-state index contributed by atoms with van der Waals surface area (Å²) in [6, 6.07) is 6.86. The molecule has 2 aromatic rings. The van der Waals surface area contributed by atoms with Gasteiger partial charge in [0.2, 0.25) is 0 Å². The number of nitrogens with zero attached hydrogens (tertiary/aromatic N) is 1. The Morgan fingerprint density at radius 3 is 2.88 bits per heavy atom. The molecule has 1 aliphatic heterocycles. The Bertz CT molecular complexity index is 778. The summed E-state index contributed by atoms with van der Waals surface area (Å²) in [5, 5.41) is 8.88. The Hall–Kier alpha value is -2.12. The van der Waals surface area contributed by atoms with Gasteiger partial charge >= 0.3 is 6.09 Å². The van der Waals surface area contributed by atoms with E-state index in [-0.39, 0.29) is 12.5 Å². The molecule has 0 aliphatic carbocycles. The lowest BCUT2D eigenvalue weighted by molar-refractivity contribution is -0.128. The molecule has 26 heavy (non-hydrogen) atoms. The van der Waals surface area contributed by atoms with Gasteiger partial charge in [-0.3, -0.25) is 4.79 Å². The number of amides is 2. The summed E-state index contributed by atoms with van der Waals surface area (Å²) in [6.45, 7) is 2.30. The van der Waals surface area contributed by atoms with Gasteiger partial charge in [-0.1, -0.05) is 37.1 Å². The second-order valence-electron chi connectivity index (χ2n) is 6.05. The third kappa shape index (κ3) is 4.53. The number of aromatic nitrogens is 1. The van der Waals surface area contributed by atoms with Gasteiger partial charge in [0.1, 0.15) is 11.0 Å². The van der Waals surface area contributed by atoms with Gasteiger partial charge in [-0.25, -0.2) is 9.78 Å². The van der Waals surface area contributed by atoms with Crippen LogP contribution in [0.3, 0.4) is 0 Å². The predicted octanol–water partition coefficient (Wildman–Crippen LogP) is 3.45. The summed E-state index contributed by atoms with van der Waals surface area (Å²) < 4.78 is 4.97. The van der Waals surface area contributed by atoms with Gasteiger partial charge in [0.15, 0.2) is 6.10 Å². The minimum atomic E-state index is -0.836. The van der Waals surface area contributed by atoms with E-state index in [1.807, 2.05) is 17.5 Å². The van der Waals surface area contributed by atoms with Crippen LogP contribution in [0, 0.1) is 0 Å². The molecule has 0 spiro atoms. The fourth-order valence-corrected chi connectivity index (χ4v) is 3.70. The molecule has 1 fully saturated rings. The number of thiazole rings is 1. The highest BCUT2D eigenvalue weighted by atomic mass is 35.5. The largest absolute Gasteiger partial charge is 0.434 e. The quantitative estimate of drug-likeness (QED) is 0.754. The summed E-state index contributed by atoms with van der Waals surface area (Å²) in [4.78, 5) is 28.4. The zero-order valence-corrected chi connectivity index (χ0v) is 15.9. The first-order valence-electron chi connectivity index (χ1n) is 8.51. The van der Waals surface area contributed by atoms with Crippen LogP contribution in [-0.2, 0) is 16.0 Å². The van der Waals surface area contributed by atoms with Crippen molar-refractivity contribution in [3.8, 4) is 0 Å². The van der Waals surface area contributed by atoms with Crippen LogP contribution in [0.4, 0.5) is 4.79 Å². The first-order chi connectivity index (χ1) is 12.6. The van der Waals surface area contributed by atoms with E-state index in [1.165, 1.54) is 11.3 Å². The van der Waals surface area contributed by atoms with E-state index in [0.717, 1.165) is 35.5 Å². The first-order valence-corrected chi connectivity index (χ1v) is 9.77. The van der Waals surface area contributed by atoms with E-state index < -0.39 is 18.2 Å². The molecule has 1 unspecified atom stereocenters. The topological polar surface area (TPSA) is 80.3 Å². The molecule has 1 aliphatic rings. The van der Waals surface area contributed by atoms with E-state index in [0.29, 0.717) is 5.02 Å². The Labute approximate surface area is 160 Å². The van der Waals surface area contributed by atoms with Crippen molar-refractivity contribution >= 4 is 34.9 Å². The van der Waals surface area contributed by atoms with Gasteiger partial charge in [0, 0.05) is 10.4 Å². The number of aryl methyl sites for hydroxylation is 1. The number of ether oxygens (including phenoxy) is 1. The Morgan fingerprint density at radius 1 is 1.46 bits per heavy atom. The van der Waals surface area contributed by atoms with E-state index in [4.69, 9.17) is 16.3 Å². The fraction of sp³-hybridized carbons (Fsp3) is 0.389.